The Bertz CT molecular complexity index is 670. The van der Waals surface area contributed by atoms with Crippen LogP contribution >= 0.6 is 0 Å². The maximum Gasteiger partial charge on any atom is 0.260 e. The first kappa shape index (κ1) is 16.5. The van der Waals surface area contributed by atoms with Gasteiger partial charge in [-0.15, -0.1) is 0 Å². The Morgan fingerprint density at radius 1 is 1.12 bits per heavy atom. The standard InChI is InChI=1S/C20H24N2O2/c1-15-7-9-18(10-8-15)24-14-20(23)22-12-17(11-21)19(13-22)16-5-3-2-4-6-16/h2-10,17,19H,11-14,21H2,1H3/t17-,19+/m1/s1. The minimum atomic E-state index is 0.0208. The third-order valence-corrected chi connectivity index (χ3v) is 4.71. The zero-order valence-electron chi connectivity index (χ0n) is 14.0. The number of nitrogens with zero attached hydrogens (tertiary/aromatic N) is 1. The molecule has 2 atom stereocenters. The molecule has 1 aliphatic rings. The first-order valence-electron chi connectivity index (χ1n) is 8.39. The van der Waals surface area contributed by atoms with E-state index >= 15 is 0 Å². The van der Waals surface area contributed by atoms with Crippen LogP contribution in [0, 0.1) is 12.8 Å². The minimum absolute atomic E-state index is 0.0208. The average Bonchev–Trinajstić information content (AvgIpc) is 3.06. The van der Waals surface area contributed by atoms with Gasteiger partial charge >= 0.3 is 0 Å². The fourth-order valence-corrected chi connectivity index (χ4v) is 3.26. The van der Waals surface area contributed by atoms with Crippen LogP contribution in [0.15, 0.2) is 54.6 Å². The van der Waals surface area contributed by atoms with Crippen molar-refractivity contribution < 1.29 is 9.53 Å². The highest BCUT2D eigenvalue weighted by molar-refractivity contribution is 5.78. The van der Waals surface area contributed by atoms with Gasteiger partial charge in [0.25, 0.3) is 5.91 Å². The van der Waals surface area contributed by atoms with Crippen LogP contribution in [0.5, 0.6) is 5.75 Å². The highest BCUT2D eigenvalue weighted by Gasteiger charge is 2.35. The SMILES string of the molecule is Cc1ccc(OCC(=O)N2C[C@@H](CN)[C@H](c3ccccc3)C2)cc1. The number of nitrogens with two attached hydrogens (primary N) is 1. The largest absolute Gasteiger partial charge is 0.484 e. The number of amides is 1. The van der Waals surface area contributed by atoms with E-state index in [-0.39, 0.29) is 12.5 Å². The molecule has 0 bridgehead atoms. The lowest BCUT2D eigenvalue weighted by atomic mass is 9.89. The van der Waals surface area contributed by atoms with Gasteiger partial charge in [-0.1, -0.05) is 48.0 Å². The molecule has 0 spiro atoms. The van der Waals surface area contributed by atoms with Crippen LogP contribution in [-0.4, -0.2) is 37.0 Å². The molecule has 0 aromatic heterocycles. The molecule has 0 radical (unpaired) electrons. The number of carbonyl (C=O) groups is 1. The lowest BCUT2D eigenvalue weighted by Crippen LogP contribution is -2.33. The van der Waals surface area contributed by atoms with Crippen LogP contribution in [0.25, 0.3) is 0 Å². The molecule has 1 aliphatic heterocycles. The van der Waals surface area contributed by atoms with E-state index < -0.39 is 0 Å². The molecular formula is C20H24N2O2. The quantitative estimate of drug-likeness (QED) is 0.920. The average molecular weight is 324 g/mol. The molecule has 1 amide bonds. The van der Waals surface area contributed by atoms with Gasteiger partial charge in [-0.25, -0.2) is 0 Å². The van der Waals surface area contributed by atoms with Gasteiger partial charge in [0, 0.05) is 19.0 Å². The summed E-state index contributed by atoms with van der Waals surface area (Å²) in [5, 5.41) is 0. The Labute approximate surface area is 143 Å². The van der Waals surface area contributed by atoms with E-state index in [2.05, 4.69) is 12.1 Å². The number of ether oxygens (including phenoxy) is 1. The number of rotatable bonds is 5. The van der Waals surface area contributed by atoms with Crippen molar-refractivity contribution >= 4 is 5.91 Å². The van der Waals surface area contributed by atoms with E-state index in [9.17, 15) is 4.79 Å². The van der Waals surface area contributed by atoms with Crippen molar-refractivity contribution in [1.29, 1.82) is 0 Å². The van der Waals surface area contributed by atoms with Gasteiger partial charge in [0.1, 0.15) is 5.75 Å². The Hall–Kier alpha value is -2.33. The number of aryl methyl sites for hydroxylation is 1. The summed E-state index contributed by atoms with van der Waals surface area (Å²) < 4.78 is 5.62. The van der Waals surface area contributed by atoms with Crippen molar-refractivity contribution in [3.05, 3.63) is 65.7 Å². The molecular weight excluding hydrogens is 300 g/mol. The van der Waals surface area contributed by atoms with Gasteiger partial charge in [0.05, 0.1) is 0 Å². The molecule has 0 aliphatic carbocycles. The monoisotopic (exact) mass is 324 g/mol. The smallest absolute Gasteiger partial charge is 0.260 e. The van der Waals surface area contributed by atoms with Crippen molar-refractivity contribution in [3.63, 3.8) is 0 Å². The second kappa shape index (κ2) is 7.49. The third kappa shape index (κ3) is 3.77. The molecule has 1 fully saturated rings. The summed E-state index contributed by atoms with van der Waals surface area (Å²) in [4.78, 5) is 14.4. The van der Waals surface area contributed by atoms with Crippen molar-refractivity contribution in [2.75, 3.05) is 26.2 Å². The lowest BCUT2D eigenvalue weighted by molar-refractivity contribution is -0.132. The molecule has 2 aromatic rings. The number of hydrogen-bond acceptors (Lipinski definition) is 3. The van der Waals surface area contributed by atoms with Crippen molar-refractivity contribution in [1.82, 2.24) is 4.90 Å². The predicted molar refractivity (Wildman–Crippen MR) is 95.0 cm³/mol. The fourth-order valence-electron chi connectivity index (χ4n) is 3.26. The summed E-state index contributed by atoms with van der Waals surface area (Å²) in [5.41, 5.74) is 8.36. The normalized spacial score (nSPS) is 20.2. The first-order chi connectivity index (χ1) is 11.7. The number of likely N-dealkylation sites (tertiary alicyclic amines) is 1. The van der Waals surface area contributed by atoms with E-state index in [1.54, 1.807) is 0 Å². The van der Waals surface area contributed by atoms with Crippen LogP contribution in [0.1, 0.15) is 17.0 Å². The van der Waals surface area contributed by atoms with Crippen molar-refractivity contribution in [2.45, 2.75) is 12.8 Å². The molecule has 0 saturated carbocycles. The maximum absolute atomic E-state index is 12.5. The van der Waals surface area contributed by atoms with Crippen LogP contribution in [0.3, 0.4) is 0 Å². The van der Waals surface area contributed by atoms with E-state index in [0.717, 1.165) is 5.75 Å². The molecule has 24 heavy (non-hydrogen) atoms. The van der Waals surface area contributed by atoms with Crippen LogP contribution < -0.4 is 10.5 Å². The molecule has 4 heteroatoms. The van der Waals surface area contributed by atoms with Crippen LogP contribution in [0.4, 0.5) is 0 Å². The Morgan fingerprint density at radius 3 is 2.50 bits per heavy atom. The molecule has 2 N–H and O–H groups in total. The Morgan fingerprint density at radius 2 is 1.83 bits per heavy atom. The summed E-state index contributed by atoms with van der Waals surface area (Å²) >= 11 is 0. The van der Waals surface area contributed by atoms with E-state index in [0.29, 0.717) is 31.5 Å². The molecule has 1 saturated heterocycles. The van der Waals surface area contributed by atoms with Gasteiger partial charge < -0.3 is 15.4 Å². The first-order valence-corrected chi connectivity index (χ1v) is 8.39. The molecule has 2 aromatic carbocycles. The zero-order chi connectivity index (χ0) is 16.9. The van der Waals surface area contributed by atoms with Gasteiger partial charge in [0.2, 0.25) is 0 Å². The molecule has 3 rings (SSSR count). The highest BCUT2D eigenvalue weighted by Crippen LogP contribution is 2.32. The summed E-state index contributed by atoms with van der Waals surface area (Å²) in [6, 6.07) is 18.0. The third-order valence-electron chi connectivity index (χ3n) is 4.71. The molecule has 4 nitrogen and oxygen atoms in total. The van der Waals surface area contributed by atoms with Gasteiger partial charge in [-0.3, -0.25) is 4.79 Å². The molecule has 126 valence electrons. The predicted octanol–water partition coefficient (Wildman–Crippen LogP) is 2.57. The highest BCUT2D eigenvalue weighted by atomic mass is 16.5. The number of benzene rings is 2. The summed E-state index contributed by atoms with van der Waals surface area (Å²) in [5.74, 6) is 1.35. The molecule has 1 heterocycles. The van der Waals surface area contributed by atoms with Gasteiger partial charge in [-0.2, -0.15) is 0 Å². The van der Waals surface area contributed by atoms with E-state index in [1.165, 1.54) is 11.1 Å². The second-order valence-corrected chi connectivity index (χ2v) is 6.41. The topological polar surface area (TPSA) is 55.6 Å². The van der Waals surface area contributed by atoms with E-state index in [4.69, 9.17) is 10.5 Å². The maximum atomic E-state index is 12.5. The van der Waals surface area contributed by atoms with Crippen molar-refractivity contribution in [3.8, 4) is 5.75 Å². The van der Waals surface area contributed by atoms with E-state index in [1.807, 2.05) is 54.3 Å². The zero-order valence-corrected chi connectivity index (χ0v) is 14.0. The summed E-state index contributed by atoms with van der Waals surface area (Å²) in [6.45, 7) is 4.09. The lowest BCUT2D eigenvalue weighted by Gasteiger charge is -2.17. The Kier molecular flexibility index (Phi) is 5.16. The number of carbonyl (C=O) groups excluding carboxylic acids is 1. The van der Waals surface area contributed by atoms with Crippen LogP contribution in [-0.2, 0) is 4.79 Å². The Balaban J connectivity index is 1.60. The van der Waals surface area contributed by atoms with Crippen LogP contribution in [0.2, 0.25) is 0 Å². The summed E-state index contributed by atoms with van der Waals surface area (Å²) in [7, 11) is 0. The number of hydrogen-bond donors (Lipinski definition) is 1. The second-order valence-electron chi connectivity index (χ2n) is 6.41. The van der Waals surface area contributed by atoms with Crippen molar-refractivity contribution in [2.24, 2.45) is 11.7 Å². The molecule has 0 unspecified atom stereocenters. The summed E-state index contributed by atoms with van der Waals surface area (Å²) in [6.07, 6.45) is 0. The minimum Gasteiger partial charge on any atom is -0.484 e. The fraction of sp³-hybridized carbons (Fsp3) is 0.350. The van der Waals surface area contributed by atoms with Gasteiger partial charge in [0.15, 0.2) is 6.61 Å². The van der Waals surface area contributed by atoms with Gasteiger partial charge in [-0.05, 0) is 37.1 Å².